The van der Waals surface area contributed by atoms with Crippen LogP contribution in [0.3, 0.4) is 0 Å². The fraction of sp³-hybridized carbons (Fsp3) is 0.455. The lowest BCUT2D eigenvalue weighted by Gasteiger charge is -2.14. The topological polar surface area (TPSA) is 46.2 Å². The highest BCUT2D eigenvalue weighted by Crippen LogP contribution is 2.48. The second kappa shape index (κ2) is 3.33. The van der Waals surface area contributed by atoms with Crippen LogP contribution in [0.25, 0.3) is 0 Å². The fourth-order valence-corrected chi connectivity index (χ4v) is 1.81. The predicted octanol–water partition coefficient (Wildman–Crippen LogP) is 1.31. The first-order valence-electron chi connectivity index (χ1n) is 4.82. The molecule has 0 amide bonds. The monoisotopic (exact) mass is 195 g/mol. The quantitative estimate of drug-likeness (QED) is 0.763. The zero-order chi connectivity index (χ0) is 10.2. The van der Waals surface area contributed by atoms with Crippen LogP contribution in [-0.2, 0) is 12.0 Å². The lowest BCUT2D eigenvalue weighted by atomic mass is 9.94. The van der Waals surface area contributed by atoms with E-state index >= 15 is 0 Å². The highest BCUT2D eigenvalue weighted by atomic mass is 19.1. The molecule has 0 radical (unpaired) electrons. The van der Waals surface area contributed by atoms with Crippen LogP contribution in [0.1, 0.15) is 24.0 Å². The Morgan fingerprint density at radius 1 is 1.43 bits per heavy atom. The molecule has 1 saturated carbocycles. The van der Waals surface area contributed by atoms with Crippen molar-refractivity contribution in [2.75, 3.05) is 6.54 Å². The fourth-order valence-electron chi connectivity index (χ4n) is 1.81. The first-order valence-corrected chi connectivity index (χ1v) is 4.82. The number of hydrogen-bond acceptors (Lipinski definition) is 2. The van der Waals surface area contributed by atoms with E-state index in [1.165, 1.54) is 6.07 Å². The van der Waals surface area contributed by atoms with Gasteiger partial charge in [-0.15, -0.1) is 0 Å². The van der Waals surface area contributed by atoms with Crippen molar-refractivity contribution < 1.29 is 9.50 Å². The molecule has 0 bridgehead atoms. The van der Waals surface area contributed by atoms with Crippen molar-refractivity contribution in [2.45, 2.75) is 24.9 Å². The Labute approximate surface area is 82.5 Å². The van der Waals surface area contributed by atoms with Gasteiger partial charge in [0.15, 0.2) is 0 Å². The minimum Gasteiger partial charge on any atom is -0.392 e. The number of aliphatic hydroxyl groups is 1. The molecule has 0 saturated heterocycles. The zero-order valence-electron chi connectivity index (χ0n) is 7.96. The van der Waals surface area contributed by atoms with Gasteiger partial charge in [-0.05, 0) is 36.1 Å². The Bertz CT molecular complexity index is 347. The summed E-state index contributed by atoms with van der Waals surface area (Å²) in [6, 6.07) is 4.75. The van der Waals surface area contributed by atoms with Crippen molar-refractivity contribution in [3.63, 3.8) is 0 Å². The van der Waals surface area contributed by atoms with Crippen LogP contribution in [0.15, 0.2) is 18.2 Å². The van der Waals surface area contributed by atoms with E-state index in [4.69, 9.17) is 10.8 Å². The summed E-state index contributed by atoms with van der Waals surface area (Å²) in [5, 5.41) is 8.96. The van der Waals surface area contributed by atoms with Gasteiger partial charge in [0.1, 0.15) is 5.82 Å². The van der Waals surface area contributed by atoms with Crippen LogP contribution >= 0.6 is 0 Å². The number of hydrogen-bond donors (Lipinski definition) is 2. The molecule has 1 aromatic carbocycles. The first kappa shape index (κ1) is 9.62. The molecule has 0 aromatic heterocycles. The molecule has 0 aliphatic heterocycles. The van der Waals surface area contributed by atoms with Crippen LogP contribution in [0.2, 0.25) is 0 Å². The van der Waals surface area contributed by atoms with E-state index in [9.17, 15) is 4.39 Å². The number of aliphatic hydroxyl groups excluding tert-OH is 1. The van der Waals surface area contributed by atoms with Gasteiger partial charge in [-0.1, -0.05) is 6.07 Å². The van der Waals surface area contributed by atoms with Crippen LogP contribution in [0.5, 0.6) is 0 Å². The molecular formula is C11H14FNO. The van der Waals surface area contributed by atoms with E-state index in [-0.39, 0.29) is 17.8 Å². The summed E-state index contributed by atoms with van der Waals surface area (Å²) in [6.07, 6.45) is 1.91. The van der Waals surface area contributed by atoms with Crippen molar-refractivity contribution in [3.8, 4) is 0 Å². The average Bonchev–Trinajstić information content (AvgIpc) is 2.99. The van der Waals surface area contributed by atoms with Gasteiger partial charge in [-0.2, -0.15) is 0 Å². The second-order valence-corrected chi connectivity index (χ2v) is 3.96. The highest BCUT2D eigenvalue weighted by molar-refractivity contribution is 5.36. The van der Waals surface area contributed by atoms with Crippen molar-refractivity contribution in [3.05, 3.63) is 35.1 Å². The minimum atomic E-state index is -0.204. The van der Waals surface area contributed by atoms with E-state index in [0.29, 0.717) is 12.1 Å². The smallest absolute Gasteiger partial charge is 0.127 e. The third kappa shape index (κ3) is 1.42. The van der Waals surface area contributed by atoms with Crippen LogP contribution < -0.4 is 5.73 Å². The van der Waals surface area contributed by atoms with Crippen LogP contribution in [-0.4, -0.2) is 11.7 Å². The summed E-state index contributed by atoms with van der Waals surface area (Å²) >= 11 is 0. The highest BCUT2D eigenvalue weighted by Gasteiger charge is 2.44. The van der Waals surface area contributed by atoms with Crippen molar-refractivity contribution >= 4 is 0 Å². The molecule has 0 atom stereocenters. The third-order valence-corrected chi connectivity index (χ3v) is 3.03. The molecule has 14 heavy (non-hydrogen) atoms. The molecule has 1 aliphatic carbocycles. The maximum absolute atomic E-state index is 13.5. The Kier molecular flexibility index (Phi) is 2.29. The average molecular weight is 195 g/mol. The number of nitrogens with two attached hydrogens (primary N) is 1. The normalized spacial score (nSPS) is 18.2. The summed E-state index contributed by atoms with van der Waals surface area (Å²) in [7, 11) is 0. The van der Waals surface area contributed by atoms with Crippen molar-refractivity contribution in [2.24, 2.45) is 5.73 Å². The minimum absolute atomic E-state index is 0.0477. The number of benzene rings is 1. The van der Waals surface area contributed by atoms with Gasteiger partial charge >= 0.3 is 0 Å². The number of rotatable bonds is 3. The van der Waals surface area contributed by atoms with Gasteiger partial charge < -0.3 is 10.8 Å². The molecule has 2 rings (SSSR count). The summed E-state index contributed by atoms with van der Waals surface area (Å²) in [5.41, 5.74) is 6.91. The second-order valence-electron chi connectivity index (χ2n) is 3.96. The van der Waals surface area contributed by atoms with Crippen molar-refractivity contribution in [1.82, 2.24) is 0 Å². The lowest BCUT2D eigenvalue weighted by molar-refractivity contribution is 0.281. The summed E-state index contributed by atoms with van der Waals surface area (Å²) in [5.74, 6) is -0.204. The Morgan fingerprint density at radius 2 is 2.14 bits per heavy atom. The third-order valence-electron chi connectivity index (χ3n) is 3.03. The lowest BCUT2D eigenvalue weighted by Crippen LogP contribution is -2.21. The molecule has 3 N–H and O–H groups in total. The zero-order valence-corrected chi connectivity index (χ0v) is 7.96. The SMILES string of the molecule is NCC1(c2cc(CO)ccc2F)CC1. The van der Waals surface area contributed by atoms with E-state index in [2.05, 4.69) is 0 Å². The van der Waals surface area contributed by atoms with E-state index in [1.54, 1.807) is 12.1 Å². The summed E-state index contributed by atoms with van der Waals surface area (Å²) < 4.78 is 13.5. The van der Waals surface area contributed by atoms with Crippen molar-refractivity contribution in [1.29, 1.82) is 0 Å². The number of halogens is 1. The first-order chi connectivity index (χ1) is 6.72. The summed E-state index contributed by atoms with van der Waals surface area (Å²) in [6.45, 7) is 0.437. The van der Waals surface area contributed by atoms with Crippen LogP contribution in [0, 0.1) is 5.82 Å². The molecule has 76 valence electrons. The standard InChI is InChI=1S/C11H14FNO/c12-10-2-1-8(6-14)5-9(10)11(7-13)3-4-11/h1-2,5,14H,3-4,6-7,13H2. The Balaban J connectivity index is 2.41. The van der Waals surface area contributed by atoms with E-state index in [1.807, 2.05) is 0 Å². The molecular weight excluding hydrogens is 181 g/mol. The Morgan fingerprint density at radius 3 is 2.64 bits per heavy atom. The van der Waals surface area contributed by atoms with E-state index in [0.717, 1.165) is 18.4 Å². The maximum atomic E-state index is 13.5. The van der Waals surface area contributed by atoms with Gasteiger partial charge in [0.25, 0.3) is 0 Å². The molecule has 1 fully saturated rings. The van der Waals surface area contributed by atoms with Gasteiger partial charge in [0, 0.05) is 12.0 Å². The largest absolute Gasteiger partial charge is 0.392 e. The molecule has 3 heteroatoms. The summed E-state index contributed by atoms with van der Waals surface area (Å²) in [4.78, 5) is 0. The van der Waals surface area contributed by atoms with Crippen LogP contribution in [0.4, 0.5) is 4.39 Å². The predicted molar refractivity (Wildman–Crippen MR) is 52.3 cm³/mol. The molecule has 0 spiro atoms. The molecule has 0 unspecified atom stereocenters. The van der Waals surface area contributed by atoms with Gasteiger partial charge in [0.2, 0.25) is 0 Å². The molecule has 1 aliphatic rings. The van der Waals surface area contributed by atoms with Gasteiger partial charge in [-0.3, -0.25) is 0 Å². The molecule has 0 heterocycles. The maximum Gasteiger partial charge on any atom is 0.127 e. The molecule has 2 nitrogen and oxygen atoms in total. The Hall–Kier alpha value is -0.930. The van der Waals surface area contributed by atoms with Gasteiger partial charge in [0.05, 0.1) is 6.61 Å². The van der Waals surface area contributed by atoms with Gasteiger partial charge in [-0.25, -0.2) is 4.39 Å². The molecule has 1 aromatic rings. The van der Waals surface area contributed by atoms with E-state index < -0.39 is 0 Å².